The van der Waals surface area contributed by atoms with Crippen LogP contribution in [-0.4, -0.2) is 45.7 Å². The van der Waals surface area contributed by atoms with Gasteiger partial charge >= 0.3 is 0 Å². The van der Waals surface area contributed by atoms with E-state index in [0.29, 0.717) is 5.76 Å². The van der Waals surface area contributed by atoms with Gasteiger partial charge in [-0.2, -0.15) is 0 Å². The Morgan fingerprint density at radius 1 is 1.41 bits per heavy atom. The van der Waals surface area contributed by atoms with Crippen molar-refractivity contribution in [2.24, 2.45) is 5.73 Å². The van der Waals surface area contributed by atoms with Crippen LogP contribution in [0.2, 0.25) is 0 Å². The Kier molecular flexibility index (Phi) is 3.71. The van der Waals surface area contributed by atoms with E-state index in [4.69, 9.17) is 10.3 Å². The molecule has 0 aromatic carbocycles. The molecular weight excluding hydrogens is 306 g/mol. The standard InChI is InChI=1S/C14H15N3O4S/c15-13(19)14(20)3-5-17(6-4-14)12(18)9-8-10(21-16-9)11-2-1-7-22-11/h1-2,7-8,20H,3-6H2,(H2,15,19). The fourth-order valence-corrected chi connectivity index (χ4v) is 3.07. The van der Waals surface area contributed by atoms with Crippen LogP contribution in [0.3, 0.4) is 0 Å². The van der Waals surface area contributed by atoms with Gasteiger partial charge in [-0.3, -0.25) is 9.59 Å². The van der Waals surface area contributed by atoms with Crippen molar-refractivity contribution in [3.05, 3.63) is 29.3 Å². The SMILES string of the molecule is NC(=O)C1(O)CCN(C(=O)c2cc(-c3cccs3)on2)CC1. The van der Waals surface area contributed by atoms with E-state index in [1.54, 1.807) is 6.07 Å². The highest BCUT2D eigenvalue weighted by molar-refractivity contribution is 7.13. The van der Waals surface area contributed by atoms with E-state index >= 15 is 0 Å². The fourth-order valence-electron chi connectivity index (χ4n) is 2.40. The van der Waals surface area contributed by atoms with Crippen LogP contribution in [-0.2, 0) is 4.79 Å². The van der Waals surface area contributed by atoms with Crippen molar-refractivity contribution < 1.29 is 19.2 Å². The quantitative estimate of drug-likeness (QED) is 0.871. The molecule has 2 amide bonds. The number of piperidine rings is 1. The molecule has 0 spiro atoms. The van der Waals surface area contributed by atoms with Gasteiger partial charge in [-0.25, -0.2) is 0 Å². The molecule has 0 unspecified atom stereocenters. The maximum Gasteiger partial charge on any atom is 0.276 e. The molecule has 0 radical (unpaired) electrons. The van der Waals surface area contributed by atoms with E-state index in [1.807, 2.05) is 17.5 Å². The van der Waals surface area contributed by atoms with Crippen LogP contribution in [0.5, 0.6) is 0 Å². The van der Waals surface area contributed by atoms with Crippen LogP contribution in [0.1, 0.15) is 23.3 Å². The number of nitrogens with two attached hydrogens (primary N) is 1. The van der Waals surface area contributed by atoms with E-state index in [9.17, 15) is 14.7 Å². The second-order valence-corrected chi connectivity index (χ2v) is 6.19. The smallest absolute Gasteiger partial charge is 0.276 e. The average Bonchev–Trinajstić information content (AvgIpc) is 3.18. The largest absolute Gasteiger partial charge is 0.380 e. The van der Waals surface area contributed by atoms with Crippen LogP contribution in [0, 0.1) is 0 Å². The van der Waals surface area contributed by atoms with E-state index in [1.165, 1.54) is 16.2 Å². The van der Waals surface area contributed by atoms with Crippen molar-refractivity contribution in [3.8, 4) is 10.6 Å². The first kappa shape index (κ1) is 14.7. The number of rotatable bonds is 3. The lowest BCUT2D eigenvalue weighted by Crippen LogP contribution is -2.53. The predicted molar refractivity (Wildman–Crippen MR) is 79.1 cm³/mol. The maximum atomic E-state index is 12.4. The number of thiophene rings is 1. The lowest BCUT2D eigenvalue weighted by atomic mass is 9.90. The van der Waals surface area contributed by atoms with Gasteiger partial charge in [0.15, 0.2) is 11.5 Å². The highest BCUT2D eigenvalue weighted by Gasteiger charge is 2.39. The summed E-state index contributed by atoms with van der Waals surface area (Å²) in [6.07, 6.45) is 0.257. The number of primary amides is 1. The molecule has 1 fully saturated rings. The highest BCUT2D eigenvalue weighted by Crippen LogP contribution is 2.27. The normalized spacial score (nSPS) is 17.4. The predicted octanol–water partition coefficient (Wildman–Crippen LogP) is 0.856. The van der Waals surface area contributed by atoms with Gasteiger partial charge in [-0.15, -0.1) is 11.3 Å². The van der Waals surface area contributed by atoms with Gasteiger partial charge in [0.1, 0.15) is 5.60 Å². The van der Waals surface area contributed by atoms with Gasteiger partial charge < -0.3 is 20.3 Å². The Morgan fingerprint density at radius 3 is 2.73 bits per heavy atom. The first-order valence-electron chi connectivity index (χ1n) is 6.82. The molecule has 22 heavy (non-hydrogen) atoms. The Morgan fingerprint density at radius 2 is 2.14 bits per heavy atom. The minimum atomic E-state index is -1.53. The topological polar surface area (TPSA) is 110 Å². The zero-order chi connectivity index (χ0) is 15.7. The number of amides is 2. The number of aromatic nitrogens is 1. The molecule has 0 bridgehead atoms. The molecule has 3 rings (SSSR count). The highest BCUT2D eigenvalue weighted by atomic mass is 32.1. The van der Waals surface area contributed by atoms with Crippen molar-refractivity contribution in [1.82, 2.24) is 10.1 Å². The van der Waals surface area contributed by atoms with E-state index in [0.717, 1.165) is 4.88 Å². The zero-order valence-electron chi connectivity index (χ0n) is 11.7. The van der Waals surface area contributed by atoms with Gasteiger partial charge in [0.2, 0.25) is 5.91 Å². The minimum Gasteiger partial charge on any atom is -0.380 e. The Balaban J connectivity index is 1.69. The summed E-state index contributed by atoms with van der Waals surface area (Å²) in [6, 6.07) is 5.37. The van der Waals surface area contributed by atoms with Crippen molar-refractivity contribution in [2.45, 2.75) is 18.4 Å². The lowest BCUT2D eigenvalue weighted by Gasteiger charge is -2.35. The number of nitrogens with zero attached hydrogens (tertiary/aromatic N) is 2. The van der Waals surface area contributed by atoms with Crippen LogP contribution in [0.4, 0.5) is 0 Å². The summed E-state index contributed by atoms with van der Waals surface area (Å²) in [7, 11) is 0. The van der Waals surface area contributed by atoms with Crippen LogP contribution in [0.25, 0.3) is 10.6 Å². The van der Waals surface area contributed by atoms with Crippen molar-refractivity contribution >= 4 is 23.2 Å². The van der Waals surface area contributed by atoms with Gasteiger partial charge in [-0.05, 0) is 11.4 Å². The maximum absolute atomic E-state index is 12.4. The third-order valence-electron chi connectivity index (χ3n) is 3.83. The van der Waals surface area contributed by atoms with Crippen molar-refractivity contribution in [2.75, 3.05) is 13.1 Å². The minimum absolute atomic E-state index is 0.129. The molecule has 0 aliphatic carbocycles. The zero-order valence-corrected chi connectivity index (χ0v) is 12.5. The number of hydrogen-bond acceptors (Lipinski definition) is 6. The van der Waals surface area contributed by atoms with E-state index < -0.39 is 11.5 Å². The molecule has 0 saturated carbocycles. The molecule has 0 atom stereocenters. The summed E-state index contributed by atoms with van der Waals surface area (Å²) in [5.41, 5.74) is 3.86. The third-order valence-corrected chi connectivity index (χ3v) is 4.71. The fraction of sp³-hybridized carbons (Fsp3) is 0.357. The van der Waals surface area contributed by atoms with Gasteiger partial charge in [0, 0.05) is 32.0 Å². The average molecular weight is 321 g/mol. The molecule has 7 nitrogen and oxygen atoms in total. The molecule has 2 aromatic rings. The Bertz CT molecular complexity index is 687. The summed E-state index contributed by atoms with van der Waals surface area (Å²) < 4.78 is 5.19. The van der Waals surface area contributed by atoms with Gasteiger partial charge in [-0.1, -0.05) is 11.2 Å². The summed E-state index contributed by atoms with van der Waals surface area (Å²) >= 11 is 1.50. The molecule has 2 aromatic heterocycles. The van der Waals surface area contributed by atoms with Crippen LogP contribution in [0.15, 0.2) is 28.1 Å². The van der Waals surface area contributed by atoms with Crippen LogP contribution < -0.4 is 5.73 Å². The molecule has 116 valence electrons. The van der Waals surface area contributed by atoms with Crippen molar-refractivity contribution in [1.29, 1.82) is 0 Å². The second kappa shape index (κ2) is 5.54. The molecule has 3 heterocycles. The summed E-state index contributed by atoms with van der Waals surface area (Å²) in [5, 5.41) is 15.7. The number of carbonyl (C=O) groups excluding carboxylic acids is 2. The van der Waals surface area contributed by atoms with E-state index in [-0.39, 0.29) is 37.5 Å². The molecular formula is C14H15N3O4S. The number of likely N-dealkylation sites (tertiary alicyclic amines) is 1. The summed E-state index contributed by atoms with van der Waals surface area (Å²) in [5.74, 6) is -0.483. The second-order valence-electron chi connectivity index (χ2n) is 5.24. The number of aliphatic hydroxyl groups is 1. The van der Waals surface area contributed by atoms with Gasteiger partial charge in [0.25, 0.3) is 5.91 Å². The monoisotopic (exact) mass is 321 g/mol. The number of hydrogen-bond donors (Lipinski definition) is 2. The number of carbonyl (C=O) groups is 2. The van der Waals surface area contributed by atoms with Gasteiger partial charge in [0.05, 0.1) is 4.88 Å². The first-order valence-corrected chi connectivity index (χ1v) is 7.70. The van der Waals surface area contributed by atoms with Crippen LogP contribution >= 0.6 is 11.3 Å². The van der Waals surface area contributed by atoms with Crippen molar-refractivity contribution in [3.63, 3.8) is 0 Å². The molecule has 1 aliphatic heterocycles. The Labute approximate surface area is 130 Å². The lowest BCUT2D eigenvalue weighted by molar-refractivity contribution is -0.140. The molecule has 3 N–H and O–H groups in total. The summed E-state index contributed by atoms with van der Waals surface area (Å²) in [6.45, 7) is 0.499. The Hall–Kier alpha value is -2.19. The molecule has 8 heteroatoms. The molecule has 1 saturated heterocycles. The summed E-state index contributed by atoms with van der Waals surface area (Å²) in [4.78, 5) is 26.0. The first-order chi connectivity index (χ1) is 10.5. The van der Waals surface area contributed by atoms with E-state index in [2.05, 4.69) is 5.16 Å². The molecule has 1 aliphatic rings. The third kappa shape index (κ3) is 2.62.